The molecule has 0 aliphatic heterocycles. The zero-order chi connectivity index (χ0) is 11.5. The van der Waals surface area contributed by atoms with Crippen LogP contribution < -0.4 is 0 Å². The molecule has 0 aromatic carbocycles. The standard InChI is InChI=1S/C10H10N2O3S/c1-14-5-8-12-7-3-6(10(13)15-2)4-11-9(7)16-8/h3-4H,5H2,1-2H3. The quantitative estimate of drug-likeness (QED) is 0.760. The zero-order valence-electron chi connectivity index (χ0n) is 8.89. The minimum Gasteiger partial charge on any atom is -0.465 e. The van der Waals surface area contributed by atoms with Gasteiger partial charge in [-0.05, 0) is 6.07 Å². The Bertz CT molecular complexity index is 524. The summed E-state index contributed by atoms with van der Waals surface area (Å²) in [7, 11) is 2.95. The van der Waals surface area contributed by atoms with E-state index >= 15 is 0 Å². The lowest BCUT2D eigenvalue weighted by atomic mass is 10.3. The van der Waals surface area contributed by atoms with Crippen molar-refractivity contribution >= 4 is 27.7 Å². The molecule has 0 fully saturated rings. The van der Waals surface area contributed by atoms with E-state index in [1.165, 1.54) is 24.6 Å². The molecule has 2 aromatic heterocycles. The van der Waals surface area contributed by atoms with Crippen LogP contribution in [-0.2, 0) is 16.1 Å². The molecule has 0 unspecified atom stereocenters. The predicted octanol–water partition coefficient (Wildman–Crippen LogP) is 1.62. The Morgan fingerprint density at radius 1 is 1.50 bits per heavy atom. The van der Waals surface area contributed by atoms with Gasteiger partial charge in [0, 0.05) is 13.3 Å². The molecule has 16 heavy (non-hydrogen) atoms. The highest BCUT2D eigenvalue weighted by Crippen LogP contribution is 2.21. The second kappa shape index (κ2) is 4.54. The SMILES string of the molecule is COCc1nc2cc(C(=O)OC)cnc2s1. The number of rotatable bonds is 3. The minimum atomic E-state index is -0.407. The summed E-state index contributed by atoms with van der Waals surface area (Å²) in [6.07, 6.45) is 1.49. The molecular formula is C10H10N2O3S. The Morgan fingerprint density at radius 3 is 3.00 bits per heavy atom. The maximum absolute atomic E-state index is 11.3. The van der Waals surface area contributed by atoms with Gasteiger partial charge < -0.3 is 9.47 Å². The lowest BCUT2D eigenvalue weighted by Gasteiger charge is -1.96. The maximum atomic E-state index is 11.3. The van der Waals surface area contributed by atoms with Crippen molar-refractivity contribution in [2.75, 3.05) is 14.2 Å². The van der Waals surface area contributed by atoms with Crippen LogP contribution in [0, 0.1) is 0 Å². The first kappa shape index (κ1) is 11.0. The second-order valence-corrected chi connectivity index (χ2v) is 4.14. The van der Waals surface area contributed by atoms with Gasteiger partial charge in [-0.15, -0.1) is 0 Å². The zero-order valence-corrected chi connectivity index (χ0v) is 9.71. The van der Waals surface area contributed by atoms with Crippen LogP contribution in [0.1, 0.15) is 15.4 Å². The van der Waals surface area contributed by atoms with E-state index in [4.69, 9.17) is 4.74 Å². The molecule has 2 rings (SSSR count). The van der Waals surface area contributed by atoms with Gasteiger partial charge in [0.05, 0.1) is 19.3 Å². The van der Waals surface area contributed by atoms with Crippen molar-refractivity contribution in [1.82, 2.24) is 9.97 Å². The van der Waals surface area contributed by atoms with Gasteiger partial charge >= 0.3 is 5.97 Å². The van der Waals surface area contributed by atoms with Gasteiger partial charge in [-0.1, -0.05) is 11.3 Å². The third kappa shape index (κ3) is 2.02. The summed E-state index contributed by atoms with van der Waals surface area (Å²) in [6, 6.07) is 1.67. The van der Waals surface area contributed by atoms with E-state index in [0.29, 0.717) is 17.7 Å². The van der Waals surface area contributed by atoms with Crippen LogP contribution in [0.2, 0.25) is 0 Å². The number of carbonyl (C=O) groups excluding carboxylic acids is 1. The number of methoxy groups -OCH3 is 2. The van der Waals surface area contributed by atoms with Crippen molar-refractivity contribution in [2.45, 2.75) is 6.61 Å². The number of nitrogens with zero attached hydrogens (tertiary/aromatic N) is 2. The van der Waals surface area contributed by atoms with Crippen LogP contribution in [0.25, 0.3) is 10.3 Å². The highest BCUT2D eigenvalue weighted by atomic mass is 32.1. The molecule has 0 atom stereocenters. The van der Waals surface area contributed by atoms with E-state index in [9.17, 15) is 4.79 Å². The van der Waals surface area contributed by atoms with Gasteiger partial charge in [0.2, 0.25) is 0 Å². The molecule has 5 nitrogen and oxygen atoms in total. The summed E-state index contributed by atoms with van der Waals surface area (Å²) in [5.74, 6) is -0.407. The number of pyridine rings is 1. The van der Waals surface area contributed by atoms with Crippen LogP contribution in [0.4, 0.5) is 0 Å². The molecular weight excluding hydrogens is 228 g/mol. The van der Waals surface area contributed by atoms with Crippen LogP contribution in [0.5, 0.6) is 0 Å². The Labute approximate surface area is 96.0 Å². The molecule has 0 aliphatic carbocycles. The predicted molar refractivity (Wildman–Crippen MR) is 59.5 cm³/mol. The number of esters is 1. The fraction of sp³-hybridized carbons (Fsp3) is 0.300. The van der Waals surface area contributed by atoms with E-state index in [2.05, 4.69) is 14.7 Å². The fourth-order valence-corrected chi connectivity index (χ4v) is 2.14. The van der Waals surface area contributed by atoms with Crippen molar-refractivity contribution in [3.63, 3.8) is 0 Å². The minimum absolute atomic E-state index is 0.407. The topological polar surface area (TPSA) is 61.3 Å². The van der Waals surface area contributed by atoms with E-state index < -0.39 is 5.97 Å². The van der Waals surface area contributed by atoms with E-state index in [0.717, 1.165) is 9.84 Å². The number of ether oxygens (including phenoxy) is 2. The molecule has 0 saturated carbocycles. The average Bonchev–Trinajstić information content (AvgIpc) is 2.69. The molecule has 6 heteroatoms. The lowest BCUT2D eigenvalue weighted by Crippen LogP contribution is -2.01. The molecule has 0 saturated heterocycles. The largest absolute Gasteiger partial charge is 0.465 e. The molecule has 0 amide bonds. The van der Waals surface area contributed by atoms with Crippen LogP contribution >= 0.6 is 11.3 Å². The lowest BCUT2D eigenvalue weighted by molar-refractivity contribution is 0.0600. The van der Waals surface area contributed by atoms with Gasteiger partial charge in [-0.2, -0.15) is 0 Å². The Morgan fingerprint density at radius 2 is 2.31 bits per heavy atom. The fourth-order valence-electron chi connectivity index (χ4n) is 1.28. The normalized spacial score (nSPS) is 10.6. The van der Waals surface area contributed by atoms with Crippen LogP contribution in [0.15, 0.2) is 12.3 Å². The first-order valence-electron chi connectivity index (χ1n) is 4.57. The molecule has 2 aromatic rings. The smallest absolute Gasteiger partial charge is 0.339 e. The number of carbonyl (C=O) groups is 1. The van der Waals surface area contributed by atoms with Crippen molar-refractivity contribution in [3.05, 3.63) is 22.8 Å². The summed E-state index contributed by atoms with van der Waals surface area (Å²) in [4.78, 5) is 20.5. The number of hydrogen-bond acceptors (Lipinski definition) is 6. The van der Waals surface area contributed by atoms with Gasteiger partial charge in [0.25, 0.3) is 0 Å². The highest BCUT2D eigenvalue weighted by molar-refractivity contribution is 7.18. The molecule has 0 aliphatic rings. The third-order valence-corrected chi connectivity index (χ3v) is 2.93. The first-order valence-corrected chi connectivity index (χ1v) is 5.39. The van der Waals surface area contributed by atoms with E-state index in [1.54, 1.807) is 13.2 Å². The van der Waals surface area contributed by atoms with Crippen molar-refractivity contribution in [1.29, 1.82) is 0 Å². The van der Waals surface area contributed by atoms with Crippen LogP contribution in [-0.4, -0.2) is 30.2 Å². The summed E-state index contributed by atoms with van der Waals surface area (Å²) in [5, 5.41) is 0.840. The summed E-state index contributed by atoms with van der Waals surface area (Å²) in [6.45, 7) is 0.453. The molecule has 0 spiro atoms. The summed E-state index contributed by atoms with van der Waals surface area (Å²) < 4.78 is 9.60. The summed E-state index contributed by atoms with van der Waals surface area (Å²) in [5.41, 5.74) is 1.10. The van der Waals surface area contributed by atoms with Gasteiger partial charge in [0.15, 0.2) is 0 Å². The second-order valence-electron chi connectivity index (χ2n) is 3.08. The van der Waals surface area contributed by atoms with Gasteiger partial charge in [0.1, 0.15) is 15.4 Å². The summed E-state index contributed by atoms with van der Waals surface area (Å²) >= 11 is 1.45. The Balaban J connectivity index is 2.41. The Kier molecular flexibility index (Phi) is 3.12. The molecule has 0 N–H and O–H groups in total. The van der Waals surface area contributed by atoms with E-state index in [-0.39, 0.29) is 0 Å². The first-order chi connectivity index (χ1) is 7.74. The number of fused-ring (bicyclic) bond motifs is 1. The molecule has 84 valence electrons. The maximum Gasteiger partial charge on any atom is 0.339 e. The highest BCUT2D eigenvalue weighted by Gasteiger charge is 2.10. The van der Waals surface area contributed by atoms with Crippen molar-refractivity contribution in [3.8, 4) is 0 Å². The number of thiazole rings is 1. The van der Waals surface area contributed by atoms with Gasteiger partial charge in [-0.3, -0.25) is 0 Å². The van der Waals surface area contributed by atoms with Gasteiger partial charge in [-0.25, -0.2) is 14.8 Å². The third-order valence-electron chi connectivity index (χ3n) is 1.98. The number of aromatic nitrogens is 2. The average molecular weight is 238 g/mol. The van der Waals surface area contributed by atoms with Crippen LogP contribution in [0.3, 0.4) is 0 Å². The number of hydrogen-bond donors (Lipinski definition) is 0. The van der Waals surface area contributed by atoms with Crippen molar-refractivity contribution < 1.29 is 14.3 Å². The Hall–Kier alpha value is -1.53. The molecule has 0 radical (unpaired) electrons. The molecule has 0 bridgehead atoms. The monoisotopic (exact) mass is 238 g/mol. The molecule has 2 heterocycles. The van der Waals surface area contributed by atoms with E-state index in [1.807, 2.05) is 0 Å². The van der Waals surface area contributed by atoms with Crippen molar-refractivity contribution in [2.24, 2.45) is 0 Å².